The van der Waals surface area contributed by atoms with Crippen LogP contribution in [0.15, 0.2) is 60.7 Å². The Balaban J connectivity index is 1.59. The molecule has 2 N–H and O–H groups in total. The lowest BCUT2D eigenvalue weighted by Crippen LogP contribution is -2.15. The first-order chi connectivity index (χ1) is 11.6. The zero-order chi connectivity index (χ0) is 16.9. The summed E-state index contributed by atoms with van der Waals surface area (Å²) < 4.78 is 11.3. The van der Waals surface area contributed by atoms with Crippen LogP contribution >= 0.6 is 11.6 Å². The Hall–Kier alpha value is -2.72. The number of hydrogen-bond donors (Lipinski definition) is 1. The van der Waals surface area contributed by atoms with Crippen molar-refractivity contribution in [3.8, 4) is 11.5 Å². The molecule has 122 valence electrons. The van der Waals surface area contributed by atoms with Crippen LogP contribution in [-0.4, -0.2) is 19.1 Å². The number of amides is 1. The second kappa shape index (κ2) is 7.23. The first-order valence-corrected chi connectivity index (χ1v) is 7.85. The molecule has 0 aliphatic heterocycles. The molecule has 24 heavy (non-hydrogen) atoms. The van der Waals surface area contributed by atoms with Crippen molar-refractivity contribution in [2.24, 2.45) is 5.73 Å². The number of nitrogens with two attached hydrogens (primary N) is 1. The molecular formula is C19H16ClNO3. The van der Waals surface area contributed by atoms with E-state index in [0.29, 0.717) is 17.4 Å². The van der Waals surface area contributed by atoms with E-state index in [0.717, 1.165) is 16.5 Å². The summed E-state index contributed by atoms with van der Waals surface area (Å²) in [5, 5.41) is 2.71. The average molecular weight is 342 g/mol. The maximum atomic E-state index is 11.4. The molecule has 3 aromatic rings. The molecule has 3 aromatic carbocycles. The molecule has 3 rings (SSSR count). The van der Waals surface area contributed by atoms with Gasteiger partial charge in [-0.1, -0.05) is 41.9 Å². The van der Waals surface area contributed by atoms with E-state index in [1.807, 2.05) is 42.5 Å². The fourth-order valence-corrected chi connectivity index (χ4v) is 2.56. The van der Waals surface area contributed by atoms with Gasteiger partial charge in [-0.25, -0.2) is 0 Å². The van der Waals surface area contributed by atoms with Crippen molar-refractivity contribution >= 4 is 28.3 Å². The SMILES string of the molecule is NC(=O)c1cc(Cl)ccc1OCCOc1ccc2ccccc2c1. The molecule has 0 saturated carbocycles. The molecule has 0 saturated heterocycles. The molecule has 4 nitrogen and oxygen atoms in total. The van der Waals surface area contributed by atoms with Gasteiger partial charge in [0, 0.05) is 5.02 Å². The quantitative estimate of drug-likeness (QED) is 0.688. The number of benzene rings is 3. The fourth-order valence-electron chi connectivity index (χ4n) is 2.39. The molecule has 0 bridgehead atoms. The summed E-state index contributed by atoms with van der Waals surface area (Å²) in [4.78, 5) is 11.4. The van der Waals surface area contributed by atoms with Crippen molar-refractivity contribution in [1.29, 1.82) is 0 Å². The van der Waals surface area contributed by atoms with Crippen LogP contribution in [0, 0.1) is 0 Å². The molecule has 5 heteroatoms. The highest BCUT2D eigenvalue weighted by atomic mass is 35.5. The van der Waals surface area contributed by atoms with Gasteiger partial charge in [-0.2, -0.15) is 0 Å². The number of carbonyl (C=O) groups excluding carboxylic acids is 1. The summed E-state index contributed by atoms with van der Waals surface area (Å²) in [6.45, 7) is 0.633. The minimum absolute atomic E-state index is 0.258. The van der Waals surface area contributed by atoms with Crippen molar-refractivity contribution < 1.29 is 14.3 Å². The molecule has 1 amide bonds. The van der Waals surface area contributed by atoms with Crippen LogP contribution in [0.1, 0.15) is 10.4 Å². The topological polar surface area (TPSA) is 61.6 Å². The Labute approximate surface area is 144 Å². The smallest absolute Gasteiger partial charge is 0.252 e. The molecule has 0 heterocycles. The average Bonchev–Trinajstić information content (AvgIpc) is 2.59. The van der Waals surface area contributed by atoms with E-state index in [1.165, 1.54) is 6.07 Å². The van der Waals surface area contributed by atoms with Gasteiger partial charge in [0.15, 0.2) is 0 Å². The van der Waals surface area contributed by atoms with Gasteiger partial charge in [0.1, 0.15) is 24.7 Å². The Kier molecular flexibility index (Phi) is 4.87. The summed E-state index contributed by atoms with van der Waals surface area (Å²) in [5.41, 5.74) is 5.58. The van der Waals surface area contributed by atoms with Crippen molar-refractivity contribution in [3.05, 3.63) is 71.2 Å². The zero-order valence-corrected chi connectivity index (χ0v) is 13.6. The summed E-state index contributed by atoms with van der Waals surface area (Å²) in [6, 6.07) is 18.7. The highest BCUT2D eigenvalue weighted by molar-refractivity contribution is 6.31. The van der Waals surface area contributed by atoms with Crippen LogP contribution < -0.4 is 15.2 Å². The first kappa shape index (κ1) is 16.1. The molecule has 0 aliphatic carbocycles. The van der Waals surface area contributed by atoms with Gasteiger partial charge in [0.05, 0.1) is 5.56 Å². The van der Waals surface area contributed by atoms with E-state index in [4.69, 9.17) is 26.8 Å². The first-order valence-electron chi connectivity index (χ1n) is 7.47. The Morgan fingerprint density at radius 2 is 1.67 bits per heavy atom. The fraction of sp³-hybridized carbons (Fsp3) is 0.105. The van der Waals surface area contributed by atoms with E-state index in [1.54, 1.807) is 12.1 Å². The summed E-state index contributed by atoms with van der Waals surface area (Å²) in [6.07, 6.45) is 0. The maximum absolute atomic E-state index is 11.4. The second-order valence-corrected chi connectivity index (χ2v) is 5.65. The summed E-state index contributed by atoms with van der Waals surface area (Å²) in [7, 11) is 0. The molecule has 0 spiro atoms. The standard InChI is InChI=1S/C19H16ClNO3/c20-15-6-8-18(17(12-15)19(21)22)24-10-9-23-16-7-5-13-3-1-2-4-14(13)11-16/h1-8,11-12H,9-10H2,(H2,21,22). The number of halogens is 1. The molecule has 0 aromatic heterocycles. The lowest BCUT2D eigenvalue weighted by atomic mass is 10.1. The van der Waals surface area contributed by atoms with Crippen LogP contribution in [0.3, 0.4) is 0 Å². The predicted molar refractivity (Wildman–Crippen MR) is 94.9 cm³/mol. The van der Waals surface area contributed by atoms with Crippen LogP contribution in [-0.2, 0) is 0 Å². The minimum Gasteiger partial charge on any atom is -0.490 e. The van der Waals surface area contributed by atoms with Crippen LogP contribution in [0.5, 0.6) is 11.5 Å². The van der Waals surface area contributed by atoms with Gasteiger partial charge in [-0.15, -0.1) is 0 Å². The third kappa shape index (κ3) is 3.78. The largest absolute Gasteiger partial charge is 0.490 e. The van der Waals surface area contributed by atoms with Crippen molar-refractivity contribution in [2.75, 3.05) is 13.2 Å². The van der Waals surface area contributed by atoms with Crippen molar-refractivity contribution in [1.82, 2.24) is 0 Å². The number of primary amides is 1. The molecule has 0 fully saturated rings. The van der Waals surface area contributed by atoms with Gasteiger partial charge in [-0.05, 0) is 41.1 Å². The molecular weight excluding hydrogens is 326 g/mol. The van der Waals surface area contributed by atoms with Gasteiger partial charge < -0.3 is 15.2 Å². The lowest BCUT2D eigenvalue weighted by Gasteiger charge is -2.11. The molecule has 0 radical (unpaired) electrons. The Bertz CT molecular complexity index is 879. The third-order valence-electron chi connectivity index (χ3n) is 3.54. The number of rotatable bonds is 6. The number of carbonyl (C=O) groups is 1. The van der Waals surface area contributed by atoms with E-state index in [2.05, 4.69) is 0 Å². The number of hydrogen-bond acceptors (Lipinski definition) is 3. The van der Waals surface area contributed by atoms with Crippen LogP contribution in [0.25, 0.3) is 10.8 Å². The number of ether oxygens (including phenoxy) is 2. The monoisotopic (exact) mass is 341 g/mol. The van der Waals surface area contributed by atoms with Gasteiger partial charge >= 0.3 is 0 Å². The van der Waals surface area contributed by atoms with Gasteiger partial charge in [-0.3, -0.25) is 4.79 Å². The van der Waals surface area contributed by atoms with E-state index < -0.39 is 5.91 Å². The summed E-state index contributed by atoms with van der Waals surface area (Å²) in [5.74, 6) is 0.584. The molecule has 0 aliphatic rings. The Morgan fingerprint density at radius 3 is 2.46 bits per heavy atom. The Morgan fingerprint density at radius 1 is 0.917 bits per heavy atom. The van der Waals surface area contributed by atoms with Crippen molar-refractivity contribution in [3.63, 3.8) is 0 Å². The van der Waals surface area contributed by atoms with Crippen molar-refractivity contribution in [2.45, 2.75) is 0 Å². The van der Waals surface area contributed by atoms with E-state index in [-0.39, 0.29) is 12.2 Å². The molecule has 0 atom stereocenters. The third-order valence-corrected chi connectivity index (χ3v) is 3.77. The van der Waals surface area contributed by atoms with Crippen LogP contribution in [0.4, 0.5) is 0 Å². The minimum atomic E-state index is -0.581. The summed E-state index contributed by atoms with van der Waals surface area (Å²) >= 11 is 5.86. The van der Waals surface area contributed by atoms with E-state index >= 15 is 0 Å². The second-order valence-electron chi connectivity index (χ2n) is 5.21. The normalized spacial score (nSPS) is 10.5. The number of fused-ring (bicyclic) bond motifs is 1. The predicted octanol–water partition coefficient (Wildman–Crippen LogP) is 4.05. The van der Waals surface area contributed by atoms with Crippen LogP contribution in [0.2, 0.25) is 5.02 Å². The van der Waals surface area contributed by atoms with E-state index in [9.17, 15) is 4.79 Å². The maximum Gasteiger partial charge on any atom is 0.252 e. The highest BCUT2D eigenvalue weighted by Crippen LogP contribution is 2.23. The molecule has 0 unspecified atom stereocenters. The van der Waals surface area contributed by atoms with Gasteiger partial charge in [0.25, 0.3) is 5.91 Å². The highest BCUT2D eigenvalue weighted by Gasteiger charge is 2.10. The lowest BCUT2D eigenvalue weighted by molar-refractivity contribution is 0.0995. The van der Waals surface area contributed by atoms with Gasteiger partial charge in [0.2, 0.25) is 0 Å². The zero-order valence-electron chi connectivity index (χ0n) is 12.9.